The van der Waals surface area contributed by atoms with E-state index in [1.54, 1.807) is 31.2 Å². The fourth-order valence-corrected chi connectivity index (χ4v) is 2.74. The van der Waals surface area contributed by atoms with Crippen LogP contribution in [0, 0.1) is 0 Å². The molecule has 2 aromatic carbocycles. The minimum atomic E-state index is -4.44. The van der Waals surface area contributed by atoms with Crippen molar-refractivity contribution >= 4 is 18.0 Å². The van der Waals surface area contributed by atoms with Crippen LogP contribution in [0.1, 0.15) is 43.7 Å². The van der Waals surface area contributed by atoms with Crippen molar-refractivity contribution in [1.82, 2.24) is 0 Å². The second-order valence-electron chi connectivity index (χ2n) is 7.52. The van der Waals surface area contributed by atoms with Crippen LogP contribution in [0.5, 0.6) is 11.5 Å². The van der Waals surface area contributed by atoms with Crippen molar-refractivity contribution < 1.29 is 37.0 Å². The van der Waals surface area contributed by atoms with Crippen LogP contribution in [0.2, 0.25) is 0 Å². The standard InChI is InChI=1S/C26H27F3O5/c1-19(2)25(31)33-18-6-4-3-5-17-32-22-12-7-20(8-13-22)9-16-24(30)34-23-14-10-21(11-15-23)26(27,28)29/h7-16H,1,3-6,17-18H2,2H3. The third-order valence-corrected chi connectivity index (χ3v) is 4.58. The first kappa shape index (κ1) is 26.7. The summed E-state index contributed by atoms with van der Waals surface area (Å²) < 4.78 is 53.4. The summed E-state index contributed by atoms with van der Waals surface area (Å²) in [6.07, 6.45) is 1.83. The van der Waals surface area contributed by atoms with Crippen LogP contribution in [0.4, 0.5) is 13.2 Å². The maximum Gasteiger partial charge on any atom is 0.416 e. The van der Waals surface area contributed by atoms with E-state index in [9.17, 15) is 22.8 Å². The van der Waals surface area contributed by atoms with E-state index in [-0.39, 0.29) is 11.7 Å². The molecule has 0 heterocycles. The smallest absolute Gasteiger partial charge is 0.416 e. The lowest BCUT2D eigenvalue weighted by molar-refractivity contribution is -0.139. The molecule has 0 aliphatic carbocycles. The molecule has 0 aliphatic rings. The van der Waals surface area contributed by atoms with Gasteiger partial charge in [0.1, 0.15) is 11.5 Å². The van der Waals surface area contributed by atoms with Gasteiger partial charge in [-0.1, -0.05) is 18.7 Å². The summed E-state index contributed by atoms with van der Waals surface area (Å²) in [4.78, 5) is 23.1. The van der Waals surface area contributed by atoms with Crippen molar-refractivity contribution in [2.24, 2.45) is 0 Å². The molecular formula is C26H27F3O5. The van der Waals surface area contributed by atoms with Crippen LogP contribution in [0.3, 0.4) is 0 Å². The molecule has 0 saturated heterocycles. The van der Waals surface area contributed by atoms with E-state index in [1.165, 1.54) is 12.2 Å². The molecule has 0 radical (unpaired) electrons. The van der Waals surface area contributed by atoms with Crippen molar-refractivity contribution in [1.29, 1.82) is 0 Å². The second kappa shape index (κ2) is 13.2. The first-order valence-electron chi connectivity index (χ1n) is 10.8. The highest BCUT2D eigenvalue weighted by Crippen LogP contribution is 2.30. The molecule has 0 unspecified atom stereocenters. The minimum absolute atomic E-state index is 0.0271. The minimum Gasteiger partial charge on any atom is -0.494 e. The van der Waals surface area contributed by atoms with Crippen molar-refractivity contribution in [2.75, 3.05) is 13.2 Å². The van der Waals surface area contributed by atoms with E-state index in [0.717, 1.165) is 55.5 Å². The zero-order chi connectivity index (χ0) is 25.0. The fraction of sp³-hybridized carbons (Fsp3) is 0.308. The maximum atomic E-state index is 12.6. The number of esters is 2. The highest BCUT2D eigenvalue weighted by atomic mass is 19.4. The Morgan fingerprint density at radius 3 is 2.06 bits per heavy atom. The number of hydrogen-bond acceptors (Lipinski definition) is 5. The van der Waals surface area contributed by atoms with Gasteiger partial charge in [-0.25, -0.2) is 9.59 Å². The number of hydrogen-bond donors (Lipinski definition) is 0. The molecule has 0 bridgehead atoms. The van der Waals surface area contributed by atoms with Gasteiger partial charge in [-0.3, -0.25) is 0 Å². The van der Waals surface area contributed by atoms with Crippen LogP contribution in [-0.2, 0) is 20.5 Å². The Labute approximate surface area is 196 Å². The fourth-order valence-electron chi connectivity index (χ4n) is 2.74. The van der Waals surface area contributed by atoms with Crippen LogP contribution in [0.15, 0.2) is 66.8 Å². The van der Waals surface area contributed by atoms with Gasteiger partial charge in [0, 0.05) is 11.6 Å². The summed E-state index contributed by atoms with van der Waals surface area (Å²) >= 11 is 0. The van der Waals surface area contributed by atoms with Crippen LogP contribution < -0.4 is 9.47 Å². The number of benzene rings is 2. The monoisotopic (exact) mass is 476 g/mol. The predicted octanol–water partition coefficient (Wildman–Crippen LogP) is 6.38. The highest BCUT2D eigenvalue weighted by Gasteiger charge is 2.30. The molecule has 2 rings (SSSR count). The summed E-state index contributed by atoms with van der Waals surface area (Å²) in [6, 6.07) is 11.0. The molecule has 0 spiro atoms. The summed E-state index contributed by atoms with van der Waals surface area (Å²) in [5.74, 6) is -0.341. The molecule has 8 heteroatoms. The first-order chi connectivity index (χ1) is 16.1. The molecular weight excluding hydrogens is 449 g/mol. The molecule has 2 aromatic rings. The first-order valence-corrected chi connectivity index (χ1v) is 10.8. The van der Waals surface area contributed by atoms with E-state index in [4.69, 9.17) is 14.2 Å². The second-order valence-corrected chi connectivity index (χ2v) is 7.52. The molecule has 0 aliphatic heterocycles. The van der Waals surface area contributed by atoms with E-state index in [2.05, 4.69) is 6.58 Å². The molecule has 0 aromatic heterocycles. The van der Waals surface area contributed by atoms with Crippen molar-refractivity contribution in [2.45, 2.75) is 38.8 Å². The van der Waals surface area contributed by atoms with E-state index < -0.39 is 17.7 Å². The molecule has 5 nitrogen and oxygen atoms in total. The van der Waals surface area contributed by atoms with Gasteiger partial charge in [0.2, 0.25) is 0 Å². The maximum absolute atomic E-state index is 12.6. The number of carbonyl (C=O) groups is 2. The molecule has 34 heavy (non-hydrogen) atoms. The SMILES string of the molecule is C=C(C)C(=O)OCCCCCCOc1ccc(C=CC(=O)Oc2ccc(C(F)(F)F)cc2)cc1. The number of ether oxygens (including phenoxy) is 3. The van der Waals surface area contributed by atoms with Crippen LogP contribution in [-0.4, -0.2) is 25.2 Å². The summed E-state index contributed by atoms with van der Waals surface area (Å²) in [7, 11) is 0. The predicted molar refractivity (Wildman–Crippen MR) is 122 cm³/mol. The van der Waals surface area contributed by atoms with E-state index in [0.29, 0.717) is 24.5 Å². The largest absolute Gasteiger partial charge is 0.494 e. The van der Waals surface area contributed by atoms with Gasteiger partial charge in [-0.15, -0.1) is 0 Å². The van der Waals surface area contributed by atoms with Gasteiger partial charge >= 0.3 is 18.1 Å². The lowest BCUT2D eigenvalue weighted by Crippen LogP contribution is -2.06. The molecule has 0 amide bonds. The Hall–Kier alpha value is -3.55. The molecule has 0 saturated carbocycles. The van der Waals surface area contributed by atoms with Gasteiger partial charge in [0.05, 0.1) is 18.8 Å². The summed E-state index contributed by atoms with van der Waals surface area (Å²) in [5, 5.41) is 0. The van der Waals surface area contributed by atoms with Gasteiger partial charge in [0.15, 0.2) is 0 Å². The normalized spacial score (nSPS) is 11.3. The average molecular weight is 476 g/mol. The number of halogens is 3. The third-order valence-electron chi connectivity index (χ3n) is 4.58. The zero-order valence-corrected chi connectivity index (χ0v) is 18.9. The van der Waals surface area contributed by atoms with Crippen molar-refractivity contribution in [3.63, 3.8) is 0 Å². The summed E-state index contributed by atoms with van der Waals surface area (Å²) in [6.45, 7) is 6.08. The van der Waals surface area contributed by atoms with Crippen molar-refractivity contribution in [3.05, 3.63) is 77.9 Å². The Morgan fingerprint density at radius 2 is 1.47 bits per heavy atom. The lowest BCUT2D eigenvalue weighted by Gasteiger charge is -2.07. The Balaban J connectivity index is 1.65. The molecule has 182 valence electrons. The Kier molecular flexibility index (Phi) is 10.4. The molecule has 0 fully saturated rings. The Bertz CT molecular complexity index is 977. The number of carbonyl (C=O) groups excluding carboxylic acids is 2. The van der Waals surface area contributed by atoms with E-state index >= 15 is 0 Å². The number of alkyl halides is 3. The third kappa shape index (κ3) is 9.94. The van der Waals surface area contributed by atoms with Gasteiger partial charge in [0.25, 0.3) is 0 Å². The quantitative estimate of drug-likeness (QED) is 0.154. The van der Waals surface area contributed by atoms with Crippen LogP contribution in [0.25, 0.3) is 6.08 Å². The van der Waals surface area contributed by atoms with Gasteiger partial charge in [-0.2, -0.15) is 13.2 Å². The number of unbranched alkanes of at least 4 members (excludes halogenated alkanes) is 3. The van der Waals surface area contributed by atoms with Gasteiger partial charge < -0.3 is 14.2 Å². The zero-order valence-electron chi connectivity index (χ0n) is 18.9. The molecule has 0 atom stereocenters. The van der Waals surface area contributed by atoms with Gasteiger partial charge in [-0.05, 0) is 80.6 Å². The molecule has 0 N–H and O–H groups in total. The Morgan fingerprint density at radius 1 is 0.882 bits per heavy atom. The van der Waals surface area contributed by atoms with Crippen molar-refractivity contribution in [3.8, 4) is 11.5 Å². The lowest BCUT2D eigenvalue weighted by atomic mass is 10.2. The summed E-state index contributed by atoms with van der Waals surface area (Å²) in [5.41, 5.74) is 0.320. The number of rotatable bonds is 12. The average Bonchev–Trinajstić information content (AvgIpc) is 2.79. The van der Waals surface area contributed by atoms with Crippen LogP contribution >= 0.6 is 0 Å². The topological polar surface area (TPSA) is 61.8 Å². The highest BCUT2D eigenvalue weighted by molar-refractivity contribution is 5.88. The van der Waals surface area contributed by atoms with E-state index in [1.807, 2.05) is 0 Å².